The Hall–Kier alpha value is -1.98. The van der Waals surface area contributed by atoms with Crippen molar-refractivity contribution >= 4 is 11.9 Å². The van der Waals surface area contributed by atoms with Crippen molar-refractivity contribution in [3.8, 4) is 0 Å². The molecule has 30 heavy (non-hydrogen) atoms. The van der Waals surface area contributed by atoms with E-state index in [4.69, 9.17) is 4.74 Å². The third-order valence-electron chi connectivity index (χ3n) is 5.20. The number of carbonyl (C=O) groups is 2. The Kier molecular flexibility index (Phi) is 13.0. The smallest absolute Gasteiger partial charge is 0.328 e. The summed E-state index contributed by atoms with van der Waals surface area (Å²) in [4.78, 5) is 24.1. The van der Waals surface area contributed by atoms with Crippen LogP contribution >= 0.6 is 0 Å². The third-order valence-corrected chi connectivity index (χ3v) is 5.20. The van der Waals surface area contributed by atoms with Crippen molar-refractivity contribution in [3.63, 3.8) is 0 Å². The predicted molar refractivity (Wildman–Crippen MR) is 115 cm³/mol. The molecule has 1 N–H and O–H groups in total. The summed E-state index contributed by atoms with van der Waals surface area (Å²) in [5, 5.41) is 2.30. The first kappa shape index (κ1) is 26.1. The lowest BCUT2D eigenvalue weighted by atomic mass is 10.1. The molecule has 170 valence electrons. The van der Waals surface area contributed by atoms with Gasteiger partial charge in [-0.25, -0.2) is 13.6 Å². The minimum atomic E-state index is -0.982. The maximum absolute atomic E-state index is 14.0. The number of ether oxygens (including phenoxy) is 1. The Morgan fingerprint density at radius 3 is 2.03 bits per heavy atom. The Morgan fingerprint density at radius 1 is 0.933 bits per heavy atom. The zero-order valence-corrected chi connectivity index (χ0v) is 18.7. The van der Waals surface area contributed by atoms with Crippen LogP contribution in [0.2, 0.25) is 0 Å². The average Bonchev–Trinajstić information content (AvgIpc) is 2.71. The minimum absolute atomic E-state index is 0.160. The Bertz CT molecular complexity index is 664. The van der Waals surface area contributed by atoms with Gasteiger partial charge >= 0.3 is 5.97 Å². The summed E-state index contributed by atoms with van der Waals surface area (Å²) in [6.45, 7) is 5.38. The van der Waals surface area contributed by atoms with E-state index in [2.05, 4.69) is 12.2 Å². The van der Waals surface area contributed by atoms with Crippen molar-refractivity contribution in [2.75, 3.05) is 6.61 Å². The average molecular weight is 426 g/mol. The SMILES string of the molecule is CCCCCCCCCCCCCOC(=O)C(C)NC(=O)c1c(F)ccc(C)c1F. The molecule has 0 radical (unpaired) electrons. The molecule has 0 saturated carbocycles. The first-order valence-electron chi connectivity index (χ1n) is 11.3. The number of amides is 1. The van der Waals surface area contributed by atoms with Crippen LogP contribution in [0.5, 0.6) is 0 Å². The van der Waals surface area contributed by atoms with Crippen molar-refractivity contribution in [1.29, 1.82) is 0 Å². The van der Waals surface area contributed by atoms with E-state index >= 15 is 0 Å². The Balaban J connectivity index is 2.16. The van der Waals surface area contributed by atoms with Crippen molar-refractivity contribution in [2.45, 2.75) is 97.4 Å². The zero-order valence-electron chi connectivity index (χ0n) is 18.7. The molecule has 1 unspecified atom stereocenters. The van der Waals surface area contributed by atoms with E-state index in [0.717, 1.165) is 25.3 Å². The van der Waals surface area contributed by atoms with Gasteiger partial charge in [0.05, 0.1) is 6.61 Å². The number of halogens is 2. The molecule has 6 heteroatoms. The van der Waals surface area contributed by atoms with Crippen LogP contribution in [0.3, 0.4) is 0 Å². The maximum atomic E-state index is 14.0. The van der Waals surface area contributed by atoms with Crippen LogP contribution in [-0.4, -0.2) is 24.5 Å². The van der Waals surface area contributed by atoms with Crippen molar-refractivity contribution in [3.05, 3.63) is 34.9 Å². The van der Waals surface area contributed by atoms with Crippen LogP contribution in [0.4, 0.5) is 8.78 Å². The van der Waals surface area contributed by atoms with Crippen LogP contribution in [0.25, 0.3) is 0 Å². The molecule has 0 fully saturated rings. The van der Waals surface area contributed by atoms with Gasteiger partial charge in [0.25, 0.3) is 5.91 Å². The summed E-state index contributed by atoms with van der Waals surface area (Å²) in [5.74, 6) is -3.46. The molecule has 0 heterocycles. The van der Waals surface area contributed by atoms with Crippen LogP contribution in [0.15, 0.2) is 12.1 Å². The van der Waals surface area contributed by atoms with Gasteiger partial charge in [-0.1, -0.05) is 77.2 Å². The number of esters is 1. The first-order valence-corrected chi connectivity index (χ1v) is 11.3. The lowest BCUT2D eigenvalue weighted by Gasteiger charge is -2.14. The Labute approximate surface area is 179 Å². The largest absolute Gasteiger partial charge is 0.464 e. The number of unbranched alkanes of at least 4 members (excludes halogenated alkanes) is 10. The van der Waals surface area contributed by atoms with E-state index in [1.54, 1.807) is 0 Å². The number of rotatable bonds is 15. The number of hydrogen-bond donors (Lipinski definition) is 1. The standard InChI is InChI=1S/C24H37F2NO3/c1-4-5-6-7-8-9-10-11-12-13-14-17-30-24(29)19(3)27-23(28)21-20(25)16-15-18(2)22(21)26/h15-16,19H,4-14,17H2,1-3H3,(H,27,28). The van der Waals surface area contributed by atoms with Gasteiger partial charge in [-0.15, -0.1) is 0 Å². The number of hydrogen-bond acceptors (Lipinski definition) is 3. The predicted octanol–water partition coefficient (Wildman–Crippen LogP) is 6.25. The topological polar surface area (TPSA) is 55.4 Å². The van der Waals surface area contributed by atoms with Gasteiger partial charge in [-0.3, -0.25) is 4.79 Å². The molecule has 0 spiro atoms. The van der Waals surface area contributed by atoms with E-state index in [0.29, 0.717) is 0 Å². The highest BCUT2D eigenvalue weighted by molar-refractivity contribution is 5.97. The molecule has 1 atom stereocenters. The highest BCUT2D eigenvalue weighted by Gasteiger charge is 2.23. The maximum Gasteiger partial charge on any atom is 0.328 e. The number of nitrogens with one attached hydrogen (secondary N) is 1. The molecule has 1 aromatic rings. The van der Waals surface area contributed by atoms with Gasteiger partial charge in [-0.2, -0.15) is 0 Å². The van der Waals surface area contributed by atoms with E-state index in [1.807, 2.05) is 0 Å². The van der Waals surface area contributed by atoms with Crippen LogP contribution in [-0.2, 0) is 9.53 Å². The van der Waals surface area contributed by atoms with Gasteiger partial charge in [0.1, 0.15) is 23.2 Å². The molecule has 0 aliphatic carbocycles. The number of carbonyl (C=O) groups excluding carboxylic acids is 2. The third kappa shape index (κ3) is 9.68. The highest BCUT2D eigenvalue weighted by atomic mass is 19.1. The van der Waals surface area contributed by atoms with E-state index in [1.165, 1.54) is 71.3 Å². The molecule has 1 rings (SSSR count). The van der Waals surface area contributed by atoms with Crippen molar-refractivity contribution < 1.29 is 23.1 Å². The summed E-state index contributed by atoms with van der Waals surface area (Å²) in [6, 6.07) is 1.31. The first-order chi connectivity index (χ1) is 14.4. The molecule has 0 aliphatic rings. The highest BCUT2D eigenvalue weighted by Crippen LogP contribution is 2.16. The van der Waals surface area contributed by atoms with Gasteiger partial charge in [0.15, 0.2) is 0 Å². The molecule has 1 amide bonds. The summed E-state index contributed by atoms with van der Waals surface area (Å²) in [5.41, 5.74) is -0.520. The Morgan fingerprint density at radius 2 is 1.47 bits per heavy atom. The minimum Gasteiger partial charge on any atom is -0.464 e. The number of aryl methyl sites for hydroxylation is 1. The summed E-state index contributed by atoms with van der Waals surface area (Å²) in [7, 11) is 0. The second-order valence-corrected chi connectivity index (χ2v) is 7.95. The summed E-state index contributed by atoms with van der Waals surface area (Å²) >= 11 is 0. The second-order valence-electron chi connectivity index (χ2n) is 7.95. The van der Waals surface area contributed by atoms with Gasteiger partial charge in [-0.05, 0) is 31.9 Å². The fraction of sp³-hybridized carbons (Fsp3) is 0.667. The van der Waals surface area contributed by atoms with Gasteiger partial charge < -0.3 is 10.1 Å². The summed E-state index contributed by atoms with van der Waals surface area (Å²) < 4.78 is 33.0. The van der Waals surface area contributed by atoms with Gasteiger partial charge in [0, 0.05) is 0 Å². The van der Waals surface area contributed by atoms with Crippen molar-refractivity contribution in [1.82, 2.24) is 5.32 Å². The zero-order chi connectivity index (χ0) is 22.4. The van der Waals surface area contributed by atoms with Crippen LogP contribution < -0.4 is 5.32 Å². The summed E-state index contributed by atoms with van der Waals surface area (Å²) in [6.07, 6.45) is 13.2. The van der Waals surface area contributed by atoms with E-state index in [-0.39, 0.29) is 12.2 Å². The van der Waals surface area contributed by atoms with E-state index < -0.39 is 35.1 Å². The molecule has 4 nitrogen and oxygen atoms in total. The lowest BCUT2D eigenvalue weighted by Crippen LogP contribution is -2.40. The van der Waals surface area contributed by atoms with Crippen molar-refractivity contribution in [2.24, 2.45) is 0 Å². The quantitative estimate of drug-likeness (QED) is 0.267. The molecule has 0 bridgehead atoms. The lowest BCUT2D eigenvalue weighted by molar-refractivity contribution is -0.145. The fourth-order valence-corrected chi connectivity index (χ4v) is 3.26. The fourth-order valence-electron chi connectivity index (χ4n) is 3.26. The molecular weight excluding hydrogens is 388 g/mol. The molecule has 0 aromatic heterocycles. The number of benzene rings is 1. The molecule has 0 aliphatic heterocycles. The van der Waals surface area contributed by atoms with Crippen LogP contribution in [0, 0.1) is 18.6 Å². The molecule has 1 aromatic carbocycles. The monoisotopic (exact) mass is 425 g/mol. The van der Waals surface area contributed by atoms with E-state index in [9.17, 15) is 18.4 Å². The normalized spacial score (nSPS) is 11.9. The van der Waals surface area contributed by atoms with Crippen LogP contribution in [0.1, 0.15) is 100 Å². The van der Waals surface area contributed by atoms with Gasteiger partial charge in [0.2, 0.25) is 0 Å². The second kappa shape index (κ2) is 14.9. The molecular formula is C24H37F2NO3. The molecule has 0 saturated heterocycles.